The number of rotatable bonds is 12. The predicted octanol–water partition coefficient (Wildman–Crippen LogP) is 0.966. The standard InChI is InChI=1S/C22H37N3O5/c1-3-5-12-24-20(28)18-22-10-9-15(30-22)16(19(27)23-11-4-2)17(22)21(29)25(18)13-7-6-8-14-26/h15-18,26H,3-14H2,1-2H3,(H,23,27)(H,24,28)/t15-,16+,17-,18?,22?/m0/s1. The molecule has 0 saturated carbocycles. The highest BCUT2D eigenvalue weighted by Crippen LogP contribution is 2.58. The number of aliphatic hydroxyl groups excluding tert-OH is 1. The van der Waals surface area contributed by atoms with E-state index < -0.39 is 23.5 Å². The van der Waals surface area contributed by atoms with E-state index in [0.29, 0.717) is 45.3 Å². The van der Waals surface area contributed by atoms with Crippen LogP contribution >= 0.6 is 0 Å². The van der Waals surface area contributed by atoms with Gasteiger partial charge in [0.2, 0.25) is 17.7 Å². The van der Waals surface area contributed by atoms with Gasteiger partial charge in [-0.15, -0.1) is 0 Å². The van der Waals surface area contributed by atoms with Crippen LogP contribution in [0.2, 0.25) is 0 Å². The Kier molecular flexibility index (Phi) is 7.74. The smallest absolute Gasteiger partial charge is 0.245 e. The summed E-state index contributed by atoms with van der Waals surface area (Å²) in [6, 6.07) is -0.685. The number of carbonyl (C=O) groups is 3. The van der Waals surface area contributed by atoms with Gasteiger partial charge in [0.15, 0.2) is 0 Å². The monoisotopic (exact) mass is 423 g/mol. The molecule has 0 aliphatic carbocycles. The molecule has 2 unspecified atom stereocenters. The summed E-state index contributed by atoms with van der Waals surface area (Å²) < 4.78 is 6.34. The van der Waals surface area contributed by atoms with Crippen molar-refractivity contribution in [3.05, 3.63) is 0 Å². The number of likely N-dealkylation sites (tertiary alicyclic amines) is 1. The molecule has 3 fully saturated rings. The summed E-state index contributed by atoms with van der Waals surface area (Å²) in [7, 11) is 0. The van der Waals surface area contributed by atoms with Crippen molar-refractivity contribution in [2.45, 2.75) is 83.0 Å². The van der Waals surface area contributed by atoms with Crippen LogP contribution in [0.3, 0.4) is 0 Å². The van der Waals surface area contributed by atoms with Gasteiger partial charge in [-0.05, 0) is 44.9 Å². The fourth-order valence-electron chi connectivity index (χ4n) is 5.42. The van der Waals surface area contributed by atoms with Crippen molar-refractivity contribution in [1.29, 1.82) is 0 Å². The Hall–Kier alpha value is -1.67. The number of aliphatic hydroxyl groups is 1. The maximum absolute atomic E-state index is 13.5. The lowest BCUT2D eigenvalue weighted by atomic mass is 9.70. The predicted molar refractivity (Wildman–Crippen MR) is 111 cm³/mol. The zero-order valence-electron chi connectivity index (χ0n) is 18.3. The Morgan fingerprint density at radius 2 is 1.87 bits per heavy atom. The first-order valence-corrected chi connectivity index (χ1v) is 11.7. The molecule has 5 atom stereocenters. The number of nitrogens with one attached hydrogen (secondary N) is 2. The lowest BCUT2D eigenvalue weighted by Crippen LogP contribution is -2.55. The summed E-state index contributed by atoms with van der Waals surface area (Å²) in [5, 5.41) is 15.0. The highest BCUT2D eigenvalue weighted by molar-refractivity contribution is 5.98. The van der Waals surface area contributed by atoms with Gasteiger partial charge >= 0.3 is 0 Å². The summed E-state index contributed by atoms with van der Waals surface area (Å²) >= 11 is 0. The fourth-order valence-corrected chi connectivity index (χ4v) is 5.42. The van der Waals surface area contributed by atoms with E-state index in [1.165, 1.54) is 0 Å². The van der Waals surface area contributed by atoms with Crippen molar-refractivity contribution in [2.24, 2.45) is 11.8 Å². The van der Waals surface area contributed by atoms with Crippen LogP contribution < -0.4 is 10.6 Å². The third-order valence-electron chi connectivity index (χ3n) is 6.79. The minimum atomic E-state index is -0.900. The average molecular weight is 424 g/mol. The van der Waals surface area contributed by atoms with Crippen molar-refractivity contribution in [1.82, 2.24) is 15.5 Å². The van der Waals surface area contributed by atoms with Gasteiger partial charge in [0.1, 0.15) is 11.6 Å². The van der Waals surface area contributed by atoms with Crippen molar-refractivity contribution in [3.63, 3.8) is 0 Å². The van der Waals surface area contributed by atoms with Crippen molar-refractivity contribution >= 4 is 17.7 Å². The molecule has 8 heteroatoms. The molecule has 0 radical (unpaired) electrons. The van der Waals surface area contributed by atoms with E-state index in [1.54, 1.807) is 4.90 Å². The number of nitrogens with zero attached hydrogens (tertiary/aromatic N) is 1. The van der Waals surface area contributed by atoms with E-state index in [-0.39, 0.29) is 30.4 Å². The molecule has 8 nitrogen and oxygen atoms in total. The quantitative estimate of drug-likeness (QED) is 0.405. The molecule has 3 rings (SSSR count). The Bertz CT molecular complexity index is 642. The van der Waals surface area contributed by atoms with E-state index >= 15 is 0 Å². The maximum atomic E-state index is 13.5. The van der Waals surface area contributed by atoms with Crippen LogP contribution in [0, 0.1) is 11.8 Å². The van der Waals surface area contributed by atoms with E-state index in [2.05, 4.69) is 17.6 Å². The van der Waals surface area contributed by atoms with Gasteiger partial charge in [-0.25, -0.2) is 0 Å². The highest BCUT2D eigenvalue weighted by atomic mass is 16.5. The molecule has 3 amide bonds. The van der Waals surface area contributed by atoms with Crippen LogP contribution in [0.5, 0.6) is 0 Å². The molecule has 3 N–H and O–H groups in total. The number of ether oxygens (including phenoxy) is 1. The number of hydrogen-bond donors (Lipinski definition) is 3. The van der Waals surface area contributed by atoms with Gasteiger partial charge in [-0.2, -0.15) is 0 Å². The third-order valence-corrected chi connectivity index (χ3v) is 6.79. The van der Waals surface area contributed by atoms with Crippen molar-refractivity contribution in [2.75, 3.05) is 26.2 Å². The molecular weight excluding hydrogens is 386 g/mol. The summed E-state index contributed by atoms with van der Waals surface area (Å²) in [5.74, 6) is -1.54. The van der Waals surface area contributed by atoms with Gasteiger partial charge in [-0.1, -0.05) is 20.3 Å². The number of fused-ring (bicyclic) bond motifs is 1. The molecule has 0 aromatic rings. The largest absolute Gasteiger partial charge is 0.396 e. The third kappa shape index (κ3) is 4.08. The molecule has 30 heavy (non-hydrogen) atoms. The van der Waals surface area contributed by atoms with Crippen LogP contribution in [0.4, 0.5) is 0 Å². The summed E-state index contributed by atoms with van der Waals surface area (Å²) in [5.41, 5.74) is -0.900. The Balaban J connectivity index is 1.83. The SMILES string of the molecule is CCCCNC(=O)C1N(CCCCCO)C(=O)[C@@H]2[C@H](C(=O)NCCC)[C@@H]3CCC12O3. The first kappa shape index (κ1) is 23.0. The molecule has 3 heterocycles. The van der Waals surface area contributed by atoms with Crippen LogP contribution in [-0.2, 0) is 19.1 Å². The second kappa shape index (κ2) is 10.1. The molecule has 0 aromatic carbocycles. The molecule has 3 saturated heterocycles. The topological polar surface area (TPSA) is 108 Å². The lowest BCUT2D eigenvalue weighted by Gasteiger charge is -2.33. The van der Waals surface area contributed by atoms with E-state index in [4.69, 9.17) is 9.84 Å². The average Bonchev–Trinajstić information content (AvgIpc) is 3.37. The molecule has 3 aliphatic heterocycles. The lowest BCUT2D eigenvalue weighted by molar-refractivity contribution is -0.142. The minimum Gasteiger partial charge on any atom is -0.396 e. The second-order valence-electron chi connectivity index (χ2n) is 8.81. The van der Waals surface area contributed by atoms with Crippen molar-refractivity contribution < 1.29 is 24.2 Å². The first-order valence-electron chi connectivity index (χ1n) is 11.7. The van der Waals surface area contributed by atoms with Crippen LogP contribution in [0.15, 0.2) is 0 Å². The normalized spacial score (nSPS) is 31.8. The molecule has 0 aromatic heterocycles. The van der Waals surface area contributed by atoms with Crippen LogP contribution in [-0.4, -0.2) is 71.7 Å². The van der Waals surface area contributed by atoms with Gasteiger partial charge in [-0.3, -0.25) is 14.4 Å². The van der Waals surface area contributed by atoms with Gasteiger partial charge in [0.05, 0.1) is 17.9 Å². The Morgan fingerprint density at radius 1 is 1.10 bits per heavy atom. The Morgan fingerprint density at radius 3 is 2.57 bits per heavy atom. The second-order valence-corrected chi connectivity index (χ2v) is 8.81. The molecule has 2 bridgehead atoms. The van der Waals surface area contributed by atoms with Crippen LogP contribution in [0.1, 0.15) is 65.2 Å². The maximum Gasteiger partial charge on any atom is 0.245 e. The van der Waals surface area contributed by atoms with Gasteiger partial charge in [0.25, 0.3) is 0 Å². The van der Waals surface area contributed by atoms with Crippen molar-refractivity contribution in [3.8, 4) is 0 Å². The summed E-state index contributed by atoms with van der Waals surface area (Å²) in [4.78, 5) is 41.3. The summed E-state index contributed by atoms with van der Waals surface area (Å²) in [6.07, 6.45) is 5.88. The Labute approximate surface area is 179 Å². The fraction of sp³-hybridized carbons (Fsp3) is 0.864. The molecule has 1 spiro atoms. The zero-order valence-corrected chi connectivity index (χ0v) is 18.3. The highest BCUT2D eigenvalue weighted by Gasteiger charge is 2.74. The minimum absolute atomic E-state index is 0.117. The van der Waals surface area contributed by atoms with E-state index in [1.807, 2.05) is 6.92 Å². The molecule has 170 valence electrons. The number of hydrogen-bond acceptors (Lipinski definition) is 5. The molecule has 3 aliphatic rings. The zero-order chi connectivity index (χ0) is 21.7. The number of amides is 3. The number of unbranched alkanes of at least 4 members (excludes halogenated alkanes) is 3. The molecular formula is C22H37N3O5. The van der Waals surface area contributed by atoms with Gasteiger partial charge in [0, 0.05) is 26.2 Å². The first-order chi connectivity index (χ1) is 14.5. The number of carbonyl (C=O) groups excluding carboxylic acids is 3. The van der Waals surface area contributed by atoms with Crippen LogP contribution in [0.25, 0.3) is 0 Å². The van der Waals surface area contributed by atoms with Gasteiger partial charge < -0.3 is 25.4 Å². The van der Waals surface area contributed by atoms with E-state index in [0.717, 1.165) is 25.7 Å². The summed E-state index contributed by atoms with van der Waals surface area (Å²) in [6.45, 7) is 5.76. The van der Waals surface area contributed by atoms with E-state index in [9.17, 15) is 14.4 Å².